The highest BCUT2D eigenvalue weighted by molar-refractivity contribution is 9.10. The maximum Gasteiger partial charge on any atom is 0.329 e. The van der Waals surface area contributed by atoms with Crippen molar-refractivity contribution in [1.82, 2.24) is 19.1 Å². The lowest BCUT2D eigenvalue weighted by Gasteiger charge is -2.06. The summed E-state index contributed by atoms with van der Waals surface area (Å²) in [7, 11) is 1.59. The van der Waals surface area contributed by atoms with Crippen molar-refractivity contribution in [1.29, 1.82) is 0 Å². The van der Waals surface area contributed by atoms with Crippen LogP contribution in [-0.4, -0.2) is 19.1 Å². The van der Waals surface area contributed by atoms with Crippen LogP contribution in [-0.2, 0) is 20.0 Å². The highest BCUT2D eigenvalue weighted by atomic mass is 79.9. The molecule has 0 spiro atoms. The van der Waals surface area contributed by atoms with Crippen molar-refractivity contribution < 1.29 is 0 Å². The lowest BCUT2D eigenvalue weighted by Crippen LogP contribution is -2.29. The van der Waals surface area contributed by atoms with Gasteiger partial charge in [0.2, 0.25) is 0 Å². The summed E-state index contributed by atoms with van der Waals surface area (Å²) >= 11 is 3.37. The van der Waals surface area contributed by atoms with Crippen molar-refractivity contribution in [3.05, 3.63) is 61.5 Å². The van der Waals surface area contributed by atoms with Gasteiger partial charge in [0, 0.05) is 13.6 Å². The first-order chi connectivity index (χ1) is 10.6. The summed E-state index contributed by atoms with van der Waals surface area (Å²) in [5.41, 5.74) is 1.20. The van der Waals surface area contributed by atoms with Crippen LogP contribution in [0.3, 0.4) is 0 Å². The summed E-state index contributed by atoms with van der Waals surface area (Å²) in [6, 6.07) is 10.2. The van der Waals surface area contributed by atoms with Gasteiger partial charge < -0.3 is 4.57 Å². The molecule has 0 saturated carbocycles. The predicted molar refractivity (Wildman–Crippen MR) is 88.1 cm³/mol. The maximum absolute atomic E-state index is 12.1. The fourth-order valence-electron chi connectivity index (χ4n) is 2.50. The van der Waals surface area contributed by atoms with E-state index in [0.717, 1.165) is 12.8 Å². The van der Waals surface area contributed by atoms with Gasteiger partial charge in [0.1, 0.15) is 0 Å². The summed E-state index contributed by atoms with van der Waals surface area (Å²) in [6.45, 7) is 0.646. The number of H-pyrrole nitrogens is 1. The number of hydrogen-bond donors (Lipinski definition) is 1. The Bertz CT molecular complexity index is 924. The van der Waals surface area contributed by atoms with Crippen LogP contribution in [0, 0.1) is 0 Å². The molecule has 0 aliphatic carbocycles. The summed E-state index contributed by atoms with van der Waals surface area (Å²) in [6.07, 6.45) is 1.78. The highest BCUT2D eigenvalue weighted by Crippen LogP contribution is 2.17. The van der Waals surface area contributed by atoms with Crippen molar-refractivity contribution in [2.45, 2.75) is 19.4 Å². The Kier molecular flexibility index (Phi) is 3.98. The molecule has 0 unspecified atom stereocenters. The van der Waals surface area contributed by atoms with E-state index in [1.54, 1.807) is 11.6 Å². The van der Waals surface area contributed by atoms with E-state index in [9.17, 15) is 9.59 Å². The molecule has 1 N–H and O–H groups in total. The predicted octanol–water partition coefficient (Wildman–Crippen LogP) is 1.82. The SMILES string of the molecule is Cn1c(=O)[nH]c(=O)c2c1nc(Br)n2CCCc1ccccc1. The molecule has 0 saturated heterocycles. The second-order valence-electron chi connectivity index (χ2n) is 5.11. The normalized spacial score (nSPS) is 11.2. The Morgan fingerprint density at radius 2 is 1.95 bits per heavy atom. The molecule has 2 heterocycles. The van der Waals surface area contributed by atoms with Gasteiger partial charge in [0.05, 0.1) is 0 Å². The number of nitrogens with one attached hydrogen (secondary N) is 1. The molecule has 114 valence electrons. The summed E-state index contributed by atoms with van der Waals surface area (Å²) in [5.74, 6) is 0. The molecule has 0 atom stereocenters. The maximum atomic E-state index is 12.1. The van der Waals surface area contributed by atoms with Crippen molar-refractivity contribution in [2.75, 3.05) is 0 Å². The van der Waals surface area contributed by atoms with E-state index in [4.69, 9.17) is 0 Å². The molecule has 3 aromatic rings. The Hall–Kier alpha value is -2.15. The van der Waals surface area contributed by atoms with E-state index in [1.165, 1.54) is 10.1 Å². The first-order valence-corrected chi connectivity index (χ1v) is 7.76. The van der Waals surface area contributed by atoms with Gasteiger partial charge in [-0.1, -0.05) is 30.3 Å². The minimum atomic E-state index is -0.459. The fourth-order valence-corrected chi connectivity index (χ4v) is 3.02. The zero-order chi connectivity index (χ0) is 15.7. The first kappa shape index (κ1) is 14.8. The van der Waals surface area contributed by atoms with Gasteiger partial charge in [0.25, 0.3) is 5.56 Å². The molecule has 0 fully saturated rings. The van der Waals surface area contributed by atoms with Crippen LogP contribution in [0.25, 0.3) is 11.2 Å². The number of aromatic amines is 1. The van der Waals surface area contributed by atoms with Crippen LogP contribution in [0.15, 0.2) is 44.7 Å². The van der Waals surface area contributed by atoms with Crippen molar-refractivity contribution in [2.24, 2.45) is 7.05 Å². The summed E-state index contributed by atoms with van der Waals surface area (Å²) < 4.78 is 3.70. The molecule has 1 aromatic carbocycles. The lowest BCUT2D eigenvalue weighted by molar-refractivity contribution is 0.643. The third kappa shape index (κ3) is 2.64. The average Bonchev–Trinajstić information content (AvgIpc) is 2.84. The van der Waals surface area contributed by atoms with Crippen molar-refractivity contribution in [3.63, 3.8) is 0 Å². The molecule has 22 heavy (non-hydrogen) atoms. The fraction of sp³-hybridized carbons (Fsp3) is 0.267. The standard InChI is InChI=1S/C15H15BrN4O2/c1-19-12-11(13(21)18-15(19)22)20(14(16)17-12)9-5-8-10-6-3-2-4-7-10/h2-4,6-7H,5,8-9H2,1H3,(H,18,21,22). The van der Waals surface area contributed by atoms with Crippen LogP contribution >= 0.6 is 15.9 Å². The Morgan fingerprint density at radius 3 is 2.68 bits per heavy atom. The minimum Gasteiger partial charge on any atom is -0.313 e. The zero-order valence-corrected chi connectivity index (χ0v) is 13.6. The topological polar surface area (TPSA) is 72.7 Å². The van der Waals surface area contributed by atoms with Crippen LogP contribution in [0.2, 0.25) is 0 Å². The third-order valence-corrected chi connectivity index (χ3v) is 4.26. The van der Waals surface area contributed by atoms with Crippen LogP contribution in [0.1, 0.15) is 12.0 Å². The molecular weight excluding hydrogens is 348 g/mol. The third-order valence-electron chi connectivity index (χ3n) is 3.65. The zero-order valence-electron chi connectivity index (χ0n) is 12.0. The first-order valence-electron chi connectivity index (χ1n) is 6.97. The van der Waals surface area contributed by atoms with Gasteiger partial charge in [-0.3, -0.25) is 14.3 Å². The van der Waals surface area contributed by atoms with E-state index in [0.29, 0.717) is 22.4 Å². The summed E-state index contributed by atoms with van der Waals surface area (Å²) in [5, 5.41) is 0. The lowest BCUT2D eigenvalue weighted by atomic mass is 10.1. The molecule has 2 aromatic heterocycles. The molecule has 7 heteroatoms. The smallest absolute Gasteiger partial charge is 0.313 e. The number of rotatable bonds is 4. The molecule has 0 radical (unpaired) electrons. The van der Waals surface area contributed by atoms with Crippen LogP contribution in [0.5, 0.6) is 0 Å². The monoisotopic (exact) mass is 362 g/mol. The van der Waals surface area contributed by atoms with E-state index < -0.39 is 11.2 Å². The Labute approximate surface area is 134 Å². The molecule has 0 bridgehead atoms. The molecular formula is C15H15BrN4O2. The second kappa shape index (κ2) is 5.92. The van der Waals surface area contributed by atoms with E-state index in [2.05, 4.69) is 38.0 Å². The van der Waals surface area contributed by atoms with Crippen LogP contribution in [0.4, 0.5) is 0 Å². The number of benzene rings is 1. The number of aryl methyl sites for hydroxylation is 3. The van der Waals surface area contributed by atoms with Gasteiger partial charge in [-0.15, -0.1) is 0 Å². The number of halogens is 1. The van der Waals surface area contributed by atoms with Gasteiger partial charge in [-0.05, 0) is 34.3 Å². The summed E-state index contributed by atoms with van der Waals surface area (Å²) in [4.78, 5) is 30.3. The molecule has 0 aliphatic rings. The van der Waals surface area contributed by atoms with Gasteiger partial charge in [-0.25, -0.2) is 9.78 Å². The number of aromatic nitrogens is 4. The largest absolute Gasteiger partial charge is 0.329 e. The number of fused-ring (bicyclic) bond motifs is 1. The Balaban J connectivity index is 1.91. The number of nitrogens with zero attached hydrogens (tertiary/aromatic N) is 3. The highest BCUT2D eigenvalue weighted by Gasteiger charge is 2.15. The Morgan fingerprint density at radius 1 is 1.23 bits per heavy atom. The van der Waals surface area contributed by atoms with E-state index in [-0.39, 0.29) is 0 Å². The number of imidazole rings is 1. The van der Waals surface area contributed by atoms with Gasteiger partial charge in [-0.2, -0.15) is 0 Å². The molecule has 3 rings (SSSR count). The van der Waals surface area contributed by atoms with Crippen molar-refractivity contribution >= 4 is 27.1 Å². The van der Waals surface area contributed by atoms with Crippen molar-refractivity contribution in [3.8, 4) is 0 Å². The molecule has 0 aliphatic heterocycles. The van der Waals surface area contributed by atoms with Gasteiger partial charge >= 0.3 is 5.69 Å². The quantitative estimate of drug-likeness (QED) is 0.719. The van der Waals surface area contributed by atoms with Crippen LogP contribution < -0.4 is 11.2 Å². The average molecular weight is 363 g/mol. The molecule has 6 nitrogen and oxygen atoms in total. The van der Waals surface area contributed by atoms with E-state index in [1.807, 2.05) is 18.2 Å². The minimum absolute atomic E-state index is 0.389. The van der Waals surface area contributed by atoms with E-state index >= 15 is 0 Å². The van der Waals surface area contributed by atoms with Gasteiger partial charge in [0.15, 0.2) is 15.9 Å². The second-order valence-corrected chi connectivity index (χ2v) is 5.82. The number of hydrogen-bond acceptors (Lipinski definition) is 3. The molecule has 0 amide bonds.